The van der Waals surface area contributed by atoms with Gasteiger partial charge in [-0.15, -0.1) is 0 Å². The average molecular weight is 457 g/mol. The highest BCUT2D eigenvalue weighted by Crippen LogP contribution is 2.27. The number of nitrogens with one attached hydrogen (secondary N) is 1. The summed E-state index contributed by atoms with van der Waals surface area (Å²) in [6.07, 6.45) is 0.808. The van der Waals surface area contributed by atoms with E-state index in [1.165, 1.54) is 18.2 Å². The van der Waals surface area contributed by atoms with Gasteiger partial charge < -0.3 is 9.64 Å². The van der Waals surface area contributed by atoms with Crippen molar-refractivity contribution in [3.63, 3.8) is 0 Å². The lowest BCUT2D eigenvalue weighted by molar-refractivity contribution is -0.123. The topological polar surface area (TPSA) is 129 Å². The van der Waals surface area contributed by atoms with E-state index in [1.807, 2.05) is 4.90 Å². The van der Waals surface area contributed by atoms with Gasteiger partial charge in [0.1, 0.15) is 11.9 Å². The Morgan fingerprint density at radius 3 is 2.50 bits per heavy atom. The molecule has 1 aromatic heterocycles. The van der Waals surface area contributed by atoms with Crippen molar-refractivity contribution in [1.29, 1.82) is 5.26 Å². The molecule has 2 heterocycles. The van der Waals surface area contributed by atoms with Crippen molar-refractivity contribution < 1.29 is 22.7 Å². The summed E-state index contributed by atoms with van der Waals surface area (Å²) in [7, 11) is -3.92. The van der Waals surface area contributed by atoms with Crippen LogP contribution in [0.2, 0.25) is 0 Å². The molecule has 0 saturated carbocycles. The van der Waals surface area contributed by atoms with Crippen LogP contribution in [0.25, 0.3) is 0 Å². The van der Waals surface area contributed by atoms with Gasteiger partial charge in [0.2, 0.25) is 5.91 Å². The minimum absolute atomic E-state index is 0.0332. The average Bonchev–Trinajstić information content (AvgIpc) is 2.79. The van der Waals surface area contributed by atoms with Gasteiger partial charge in [0.25, 0.3) is 10.0 Å². The fraction of sp³-hybridized carbons (Fsp3) is 0.364. The van der Waals surface area contributed by atoms with Crippen molar-refractivity contribution in [3.05, 3.63) is 53.2 Å². The Kier molecular flexibility index (Phi) is 7.10. The number of benzene rings is 1. The Morgan fingerprint density at radius 2 is 1.91 bits per heavy atom. The maximum Gasteiger partial charge on any atom is 0.340 e. The van der Waals surface area contributed by atoms with Crippen LogP contribution in [-0.2, 0) is 19.6 Å². The van der Waals surface area contributed by atoms with Crippen molar-refractivity contribution in [2.45, 2.75) is 31.6 Å². The molecule has 2 aromatic rings. The van der Waals surface area contributed by atoms with Gasteiger partial charge in [0, 0.05) is 19.0 Å². The maximum atomic E-state index is 12.6. The van der Waals surface area contributed by atoms with Gasteiger partial charge in [-0.3, -0.25) is 4.79 Å². The third-order valence-corrected chi connectivity index (χ3v) is 6.63. The zero-order chi connectivity index (χ0) is 23.3. The minimum atomic E-state index is -3.92. The molecule has 10 heteroatoms. The number of aryl methyl sites for hydroxylation is 1. The molecule has 32 heavy (non-hydrogen) atoms. The summed E-state index contributed by atoms with van der Waals surface area (Å²) >= 11 is 0. The number of aromatic nitrogens is 1. The second kappa shape index (κ2) is 9.78. The first-order valence-corrected chi connectivity index (χ1v) is 11.7. The fourth-order valence-electron chi connectivity index (χ4n) is 3.56. The second-order valence-corrected chi connectivity index (χ2v) is 9.05. The van der Waals surface area contributed by atoms with E-state index in [9.17, 15) is 23.3 Å². The van der Waals surface area contributed by atoms with E-state index >= 15 is 0 Å². The Hall–Kier alpha value is -3.45. The molecule has 1 amide bonds. The lowest BCUT2D eigenvalue weighted by atomic mass is 9.96. The molecule has 3 rings (SSSR count). The second-order valence-electron chi connectivity index (χ2n) is 7.37. The molecule has 0 spiro atoms. The summed E-state index contributed by atoms with van der Waals surface area (Å²) in [5.41, 5.74) is 0.937. The third-order valence-electron chi connectivity index (χ3n) is 5.26. The number of nitrogens with zero attached hydrogens (tertiary/aromatic N) is 3. The van der Waals surface area contributed by atoms with Gasteiger partial charge in [0.15, 0.2) is 0 Å². The number of hydrogen-bond donors (Lipinski definition) is 1. The first-order chi connectivity index (χ1) is 15.3. The highest BCUT2D eigenvalue weighted by Gasteiger charge is 2.30. The number of anilines is 1. The van der Waals surface area contributed by atoms with E-state index in [-0.39, 0.29) is 22.6 Å². The monoisotopic (exact) mass is 456 g/mol. The van der Waals surface area contributed by atoms with Gasteiger partial charge in [0.05, 0.1) is 28.3 Å². The smallest absolute Gasteiger partial charge is 0.340 e. The highest BCUT2D eigenvalue weighted by atomic mass is 32.2. The molecule has 0 unspecified atom stereocenters. The van der Waals surface area contributed by atoms with Gasteiger partial charge in [-0.25, -0.2) is 22.9 Å². The largest absolute Gasteiger partial charge is 0.462 e. The van der Waals surface area contributed by atoms with Crippen molar-refractivity contribution in [2.24, 2.45) is 5.92 Å². The summed E-state index contributed by atoms with van der Waals surface area (Å²) in [4.78, 5) is 31.0. The molecule has 1 aliphatic rings. The van der Waals surface area contributed by atoms with Crippen LogP contribution in [0, 0.1) is 24.2 Å². The normalized spacial score (nSPS) is 14.5. The number of ether oxygens (including phenoxy) is 1. The van der Waals surface area contributed by atoms with Crippen LogP contribution in [0.1, 0.15) is 41.4 Å². The van der Waals surface area contributed by atoms with Crippen LogP contribution in [0.4, 0.5) is 5.82 Å². The molecule has 1 aliphatic heterocycles. The third kappa shape index (κ3) is 5.06. The van der Waals surface area contributed by atoms with Gasteiger partial charge in [-0.05, 0) is 44.9 Å². The van der Waals surface area contributed by atoms with Gasteiger partial charge in [-0.1, -0.05) is 18.2 Å². The van der Waals surface area contributed by atoms with Crippen molar-refractivity contribution in [2.75, 3.05) is 24.6 Å². The van der Waals surface area contributed by atoms with E-state index in [1.54, 1.807) is 32.0 Å². The molecular formula is C22H24N4O5S. The number of amides is 1. The van der Waals surface area contributed by atoms with E-state index in [0.29, 0.717) is 37.4 Å². The number of esters is 1. The number of carbonyl (C=O) groups excluding carboxylic acids is 2. The van der Waals surface area contributed by atoms with Crippen LogP contribution in [0.15, 0.2) is 41.3 Å². The first kappa shape index (κ1) is 23.2. The number of nitriles is 1. The van der Waals surface area contributed by atoms with E-state index < -0.39 is 27.8 Å². The summed E-state index contributed by atoms with van der Waals surface area (Å²) < 4.78 is 32.0. The standard InChI is InChI=1S/C22H24N4O5S/c1-3-31-22(28)19-13-17(14-23)20(24-15(19)2)26-11-9-16(10-12-26)21(27)25-32(29,30)18-7-5-4-6-8-18/h4-8,13,16H,3,9-12H2,1-2H3,(H,25,27). The lowest BCUT2D eigenvalue weighted by Crippen LogP contribution is -2.42. The predicted octanol–water partition coefficient (Wildman–Crippen LogP) is 2.16. The predicted molar refractivity (Wildman–Crippen MR) is 116 cm³/mol. The quantitative estimate of drug-likeness (QED) is 0.655. The molecule has 0 bridgehead atoms. The van der Waals surface area contributed by atoms with Gasteiger partial charge >= 0.3 is 5.97 Å². The lowest BCUT2D eigenvalue weighted by Gasteiger charge is -2.32. The van der Waals surface area contributed by atoms with Crippen LogP contribution >= 0.6 is 0 Å². The number of pyridine rings is 1. The summed E-state index contributed by atoms with van der Waals surface area (Å²) in [5.74, 6) is -1.12. The molecule has 0 aliphatic carbocycles. The van der Waals surface area contributed by atoms with Gasteiger partial charge in [-0.2, -0.15) is 5.26 Å². The van der Waals surface area contributed by atoms with Crippen LogP contribution in [0.5, 0.6) is 0 Å². The molecule has 1 aromatic carbocycles. The van der Waals surface area contributed by atoms with Crippen LogP contribution < -0.4 is 9.62 Å². The summed E-state index contributed by atoms with van der Waals surface area (Å²) in [6, 6.07) is 11.3. The summed E-state index contributed by atoms with van der Waals surface area (Å²) in [5, 5.41) is 9.55. The molecule has 0 radical (unpaired) electrons. The number of rotatable bonds is 6. The highest BCUT2D eigenvalue weighted by molar-refractivity contribution is 7.90. The molecule has 1 saturated heterocycles. The summed E-state index contributed by atoms with van der Waals surface area (Å²) in [6.45, 7) is 4.43. The number of hydrogen-bond acceptors (Lipinski definition) is 8. The van der Waals surface area contributed by atoms with Crippen LogP contribution in [0.3, 0.4) is 0 Å². The van der Waals surface area contributed by atoms with E-state index in [0.717, 1.165) is 0 Å². The molecule has 1 N–H and O–H groups in total. The SMILES string of the molecule is CCOC(=O)c1cc(C#N)c(N2CCC(C(=O)NS(=O)(=O)c3ccccc3)CC2)nc1C. The molecule has 1 fully saturated rings. The zero-order valence-electron chi connectivity index (χ0n) is 17.9. The number of sulfonamides is 1. The Morgan fingerprint density at radius 1 is 1.25 bits per heavy atom. The Labute approximate surface area is 187 Å². The molecule has 168 valence electrons. The number of carbonyl (C=O) groups is 2. The Balaban J connectivity index is 1.69. The first-order valence-electron chi connectivity index (χ1n) is 10.2. The molecule has 9 nitrogen and oxygen atoms in total. The fourth-order valence-corrected chi connectivity index (χ4v) is 4.62. The Bertz CT molecular complexity index is 1150. The minimum Gasteiger partial charge on any atom is -0.462 e. The van der Waals surface area contributed by atoms with Crippen molar-refractivity contribution in [1.82, 2.24) is 9.71 Å². The molecular weight excluding hydrogens is 432 g/mol. The van der Waals surface area contributed by atoms with E-state index in [2.05, 4.69) is 15.8 Å². The van der Waals surface area contributed by atoms with Crippen molar-refractivity contribution >= 4 is 27.7 Å². The van der Waals surface area contributed by atoms with Crippen molar-refractivity contribution in [3.8, 4) is 6.07 Å². The zero-order valence-corrected chi connectivity index (χ0v) is 18.7. The van der Waals surface area contributed by atoms with Crippen LogP contribution in [-0.4, -0.2) is 45.0 Å². The molecule has 0 atom stereocenters. The van der Waals surface area contributed by atoms with E-state index in [4.69, 9.17) is 4.74 Å². The maximum absolute atomic E-state index is 12.6. The number of piperidine rings is 1.